The van der Waals surface area contributed by atoms with Gasteiger partial charge in [-0.3, -0.25) is 0 Å². The minimum atomic E-state index is 0.724. The second-order valence-corrected chi connectivity index (χ2v) is 7.88. The molecule has 1 saturated heterocycles. The van der Waals surface area contributed by atoms with Crippen LogP contribution in [0.1, 0.15) is 5.69 Å². The van der Waals surface area contributed by atoms with E-state index in [9.17, 15) is 0 Å². The van der Waals surface area contributed by atoms with Crippen molar-refractivity contribution in [1.82, 2.24) is 19.7 Å². The summed E-state index contributed by atoms with van der Waals surface area (Å²) in [6.07, 6.45) is 0. The molecule has 2 aromatic carbocycles. The maximum absolute atomic E-state index is 6.11. The maximum atomic E-state index is 6.11. The first-order chi connectivity index (χ1) is 13.6. The van der Waals surface area contributed by atoms with Gasteiger partial charge < -0.3 is 9.80 Å². The summed E-state index contributed by atoms with van der Waals surface area (Å²) in [5, 5.41) is 7.88. The number of piperazine rings is 1. The van der Waals surface area contributed by atoms with E-state index in [1.54, 1.807) is 0 Å². The number of aromatic nitrogens is 3. The smallest absolute Gasteiger partial charge is 0.140 e. The molecule has 0 radical (unpaired) electrons. The number of anilines is 1. The number of rotatable bonds is 2. The fourth-order valence-electron chi connectivity index (χ4n) is 4.00. The van der Waals surface area contributed by atoms with Gasteiger partial charge in [0.15, 0.2) is 0 Å². The highest BCUT2D eigenvalue weighted by Gasteiger charge is 2.23. The molecule has 5 rings (SSSR count). The zero-order valence-corrected chi connectivity index (χ0v) is 16.8. The van der Waals surface area contributed by atoms with E-state index in [0.29, 0.717) is 0 Å². The van der Waals surface area contributed by atoms with Crippen molar-refractivity contribution in [3.8, 4) is 5.69 Å². The average Bonchev–Trinajstić information content (AvgIpc) is 3.06. The lowest BCUT2D eigenvalue weighted by molar-refractivity contribution is 0.312. The quantitative estimate of drug-likeness (QED) is 0.511. The molecule has 5 nitrogen and oxygen atoms in total. The molecule has 0 amide bonds. The van der Waals surface area contributed by atoms with Crippen molar-refractivity contribution in [1.29, 1.82) is 0 Å². The van der Waals surface area contributed by atoms with Crippen molar-refractivity contribution in [3.63, 3.8) is 0 Å². The van der Waals surface area contributed by atoms with Crippen molar-refractivity contribution < 1.29 is 0 Å². The van der Waals surface area contributed by atoms with Crippen LogP contribution in [-0.2, 0) is 0 Å². The third-order valence-electron chi connectivity index (χ3n) is 5.54. The Bertz CT molecular complexity index is 1160. The predicted molar refractivity (Wildman–Crippen MR) is 116 cm³/mol. The first kappa shape index (κ1) is 17.5. The van der Waals surface area contributed by atoms with Gasteiger partial charge in [-0.25, -0.2) is 9.67 Å². The fourth-order valence-corrected chi connectivity index (χ4v) is 4.13. The highest BCUT2D eigenvalue weighted by molar-refractivity contribution is 6.30. The summed E-state index contributed by atoms with van der Waals surface area (Å²) in [5.41, 5.74) is 4.11. The van der Waals surface area contributed by atoms with Gasteiger partial charge in [-0.2, -0.15) is 5.10 Å². The van der Waals surface area contributed by atoms with E-state index < -0.39 is 0 Å². The lowest BCUT2D eigenvalue weighted by Gasteiger charge is -2.33. The Balaban J connectivity index is 1.80. The number of halogens is 1. The highest BCUT2D eigenvalue weighted by Crippen LogP contribution is 2.35. The van der Waals surface area contributed by atoms with E-state index in [2.05, 4.69) is 42.0 Å². The van der Waals surface area contributed by atoms with Crippen LogP contribution >= 0.6 is 11.6 Å². The molecule has 0 aliphatic carbocycles. The maximum Gasteiger partial charge on any atom is 0.140 e. The van der Waals surface area contributed by atoms with Gasteiger partial charge in [-0.15, -0.1) is 0 Å². The molecule has 3 heterocycles. The molecule has 0 saturated carbocycles. The Hall–Kier alpha value is -2.63. The number of nitrogens with zero attached hydrogens (tertiary/aromatic N) is 5. The van der Waals surface area contributed by atoms with Crippen LogP contribution < -0.4 is 4.90 Å². The molecular formula is C22H22ClN5. The Morgan fingerprint density at radius 1 is 0.929 bits per heavy atom. The molecule has 1 fully saturated rings. The van der Waals surface area contributed by atoms with Crippen LogP contribution in [0, 0.1) is 6.92 Å². The molecule has 28 heavy (non-hydrogen) atoms. The Morgan fingerprint density at radius 2 is 1.64 bits per heavy atom. The molecule has 0 atom stereocenters. The van der Waals surface area contributed by atoms with Crippen LogP contribution in [0.2, 0.25) is 5.02 Å². The van der Waals surface area contributed by atoms with E-state index >= 15 is 0 Å². The number of likely N-dealkylation sites (N-methyl/N-ethyl adjacent to an activating group) is 1. The number of hydrogen-bond donors (Lipinski definition) is 0. The van der Waals surface area contributed by atoms with Crippen LogP contribution in [0.4, 0.5) is 5.82 Å². The minimum absolute atomic E-state index is 0.724. The summed E-state index contributed by atoms with van der Waals surface area (Å²) < 4.78 is 2.03. The molecule has 2 aromatic heterocycles. The Kier molecular flexibility index (Phi) is 4.22. The van der Waals surface area contributed by atoms with Gasteiger partial charge in [0, 0.05) is 36.6 Å². The van der Waals surface area contributed by atoms with Crippen LogP contribution in [0.25, 0.3) is 27.5 Å². The molecule has 0 unspecified atom stereocenters. The number of fused-ring (bicyclic) bond motifs is 3. The summed E-state index contributed by atoms with van der Waals surface area (Å²) in [5.74, 6) is 1.04. The van der Waals surface area contributed by atoms with Crippen molar-refractivity contribution in [3.05, 3.63) is 59.2 Å². The van der Waals surface area contributed by atoms with Crippen LogP contribution in [0.3, 0.4) is 0 Å². The van der Waals surface area contributed by atoms with Crippen molar-refractivity contribution >= 4 is 39.2 Å². The van der Waals surface area contributed by atoms with Crippen LogP contribution in [-0.4, -0.2) is 52.9 Å². The minimum Gasteiger partial charge on any atom is -0.353 e. The summed E-state index contributed by atoms with van der Waals surface area (Å²) in [4.78, 5) is 9.83. The van der Waals surface area contributed by atoms with Crippen molar-refractivity contribution in [2.45, 2.75) is 6.92 Å². The molecule has 4 aromatic rings. The molecule has 0 N–H and O–H groups in total. The topological polar surface area (TPSA) is 37.2 Å². The van der Waals surface area contributed by atoms with Gasteiger partial charge in [-0.1, -0.05) is 29.8 Å². The SMILES string of the molecule is Cc1nn(-c2ccc(Cl)cc2)c2c1c(N1CCN(C)CC1)nc1ccccc12. The van der Waals surface area contributed by atoms with Gasteiger partial charge >= 0.3 is 0 Å². The fraction of sp³-hybridized carbons (Fsp3) is 0.273. The van der Waals surface area contributed by atoms with Gasteiger partial charge in [0.2, 0.25) is 0 Å². The number of aryl methyl sites for hydroxylation is 1. The predicted octanol–water partition coefficient (Wildman–Crippen LogP) is 4.29. The van der Waals surface area contributed by atoms with E-state index in [1.807, 2.05) is 35.0 Å². The van der Waals surface area contributed by atoms with E-state index in [4.69, 9.17) is 21.7 Å². The third kappa shape index (κ3) is 2.82. The lowest BCUT2D eigenvalue weighted by Crippen LogP contribution is -2.44. The van der Waals surface area contributed by atoms with Crippen molar-refractivity contribution in [2.24, 2.45) is 0 Å². The van der Waals surface area contributed by atoms with Gasteiger partial charge in [0.05, 0.1) is 27.8 Å². The van der Waals surface area contributed by atoms with E-state index in [0.717, 1.165) is 70.2 Å². The molecule has 6 heteroatoms. The number of hydrogen-bond acceptors (Lipinski definition) is 4. The van der Waals surface area contributed by atoms with E-state index in [1.165, 1.54) is 0 Å². The van der Waals surface area contributed by atoms with Crippen LogP contribution in [0.15, 0.2) is 48.5 Å². The van der Waals surface area contributed by atoms with Gasteiger partial charge in [0.25, 0.3) is 0 Å². The Morgan fingerprint density at radius 3 is 2.39 bits per heavy atom. The first-order valence-corrected chi connectivity index (χ1v) is 9.97. The van der Waals surface area contributed by atoms with Gasteiger partial charge in [0.1, 0.15) is 5.82 Å². The summed E-state index contributed by atoms with van der Waals surface area (Å²) in [6, 6.07) is 16.2. The lowest BCUT2D eigenvalue weighted by atomic mass is 10.1. The standard InChI is InChI=1S/C22H22ClN5/c1-15-20-21(28(25-15)17-9-7-16(23)8-10-17)18-5-3-4-6-19(18)24-22(20)27-13-11-26(2)12-14-27/h3-10H,11-14H2,1-2H3. The molecule has 1 aliphatic rings. The molecule has 1 aliphatic heterocycles. The third-order valence-corrected chi connectivity index (χ3v) is 5.80. The van der Waals surface area contributed by atoms with E-state index in [-0.39, 0.29) is 0 Å². The van der Waals surface area contributed by atoms with Crippen molar-refractivity contribution in [2.75, 3.05) is 38.1 Å². The zero-order valence-electron chi connectivity index (χ0n) is 16.1. The zero-order chi connectivity index (χ0) is 19.3. The Labute approximate surface area is 169 Å². The normalized spacial score (nSPS) is 15.6. The first-order valence-electron chi connectivity index (χ1n) is 9.59. The molecule has 0 spiro atoms. The summed E-state index contributed by atoms with van der Waals surface area (Å²) in [7, 11) is 2.17. The molecule has 0 bridgehead atoms. The highest BCUT2D eigenvalue weighted by atomic mass is 35.5. The molecule has 142 valence electrons. The monoisotopic (exact) mass is 391 g/mol. The van der Waals surface area contributed by atoms with Crippen LogP contribution in [0.5, 0.6) is 0 Å². The molecular weight excluding hydrogens is 370 g/mol. The van der Waals surface area contributed by atoms with Gasteiger partial charge in [-0.05, 0) is 44.3 Å². The second-order valence-electron chi connectivity index (χ2n) is 7.44. The average molecular weight is 392 g/mol. The summed E-state index contributed by atoms with van der Waals surface area (Å²) >= 11 is 6.11. The summed E-state index contributed by atoms with van der Waals surface area (Å²) in [6.45, 7) is 6.11. The number of pyridine rings is 1. The number of benzene rings is 2. The second kappa shape index (κ2) is 6.76. The largest absolute Gasteiger partial charge is 0.353 e. The number of para-hydroxylation sites is 1.